The largest absolute Gasteiger partial charge is 0.453 e. The van der Waals surface area contributed by atoms with Gasteiger partial charge in [-0.15, -0.1) is 0 Å². The zero-order valence-electron chi connectivity index (χ0n) is 11.3. The van der Waals surface area contributed by atoms with Crippen LogP contribution < -0.4 is 10.5 Å². The number of para-hydroxylation sites is 1. The third-order valence-electron chi connectivity index (χ3n) is 3.93. The lowest BCUT2D eigenvalue weighted by Crippen LogP contribution is -2.20. The number of benzene rings is 1. The molecule has 0 amide bonds. The van der Waals surface area contributed by atoms with Gasteiger partial charge in [-0.25, -0.2) is 0 Å². The van der Waals surface area contributed by atoms with Gasteiger partial charge in [0.05, 0.1) is 7.11 Å². The molecule has 2 atom stereocenters. The number of nitrogens with two attached hydrogens (primary N) is 1. The molecule has 1 aliphatic heterocycles. The summed E-state index contributed by atoms with van der Waals surface area (Å²) in [4.78, 5) is 6.75. The molecule has 0 radical (unpaired) electrons. The van der Waals surface area contributed by atoms with Crippen molar-refractivity contribution < 1.29 is 9.15 Å². The minimum Gasteiger partial charge on any atom is -0.453 e. The standard InChI is InChI=1S/C14H19N3O2/c1-17-8-9(7-15)6-11(17)10-4-3-5-12-13(10)16-14(18-2)19-12/h3-5,9,11H,6-8,15H2,1-2H3. The molecule has 5 nitrogen and oxygen atoms in total. The molecular weight excluding hydrogens is 242 g/mol. The highest BCUT2D eigenvalue weighted by atomic mass is 16.6. The fourth-order valence-corrected chi connectivity index (χ4v) is 2.95. The molecule has 1 fully saturated rings. The Labute approximate surface area is 112 Å². The van der Waals surface area contributed by atoms with E-state index in [4.69, 9.17) is 14.9 Å². The molecule has 1 saturated heterocycles. The van der Waals surface area contributed by atoms with Crippen LogP contribution in [0, 0.1) is 5.92 Å². The Morgan fingerprint density at radius 1 is 1.53 bits per heavy atom. The first-order valence-electron chi connectivity index (χ1n) is 6.56. The van der Waals surface area contributed by atoms with E-state index in [1.807, 2.05) is 12.1 Å². The summed E-state index contributed by atoms with van der Waals surface area (Å²) < 4.78 is 10.6. The number of methoxy groups -OCH3 is 1. The third kappa shape index (κ3) is 2.09. The number of hydrogen-bond acceptors (Lipinski definition) is 5. The lowest BCUT2D eigenvalue weighted by molar-refractivity contribution is 0.299. The Hall–Kier alpha value is -1.59. The van der Waals surface area contributed by atoms with Gasteiger partial charge in [0.2, 0.25) is 0 Å². The minimum atomic E-state index is 0.318. The topological polar surface area (TPSA) is 64.5 Å². The highest BCUT2D eigenvalue weighted by molar-refractivity contribution is 5.77. The quantitative estimate of drug-likeness (QED) is 0.912. The second kappa shape index (κ2) is 4.83. The number of ether oxygens (including phenoxy) is 1. The van der Waals surface area contributed by atoms with Crippen molar-refractivity contribution in [1.82, 2.24) is 9.88 Å². The van der Waals surface area contributed by atoms with Crippen LogP contribution in [0.3, 0.4) is 0 Å². The Bertz CT molecular complexity index is 581. The van der Waals surface area contributed by atoms with Gasteiger partial charge in [0, 0.05) is 12.6 Å². The first-order chi connectivity index (χ1) is 9.22. The van der Waals surface area contributed by atoms with Crippen LogP contribution in [0.1, 0.15) is 18.0 Å². The normalized spacial score (nSPS) is 24.2. The zero-order chi connectivity index (χ0) is 13.4. The highest BCUT2D eigenvalue weighted by Crippen LogP contribution is 2.37. The van der Waals surface area contributed by atoms with Gasteiger partial charge in [-0.1, -0.05) is 12.1 Å². The lowest BCUT2D eigenvalue weighted by atomic mass is 9.99. The summed E-state index contributed by atoms with van der Waals surface area (Å²) in [5.41, 5.74) is 8.66. The van der Waals surface area contributed by atoms with E-state index in [1.54, 1.807) is 7.11 Å². The Balaban J connectivity index is 2.02. The maximum atomic E-state index is 5.79. The molecule has 2 heterocycles. The first-order valence-corrected chi connectivity index (χ1v) is 6.56. The molecule has 2 aromatic rings. The molecular formula is C14H19N3O2. The SMILES string of the molecule is COc1nc2c(C3CC(CN)CN3C)cccc2o1. The molecule has 1 aromatic heterocycles. The minimum absolute atomic E-state index is 0.318. The number of rotatable bonds is 3. The Morgan fingerprint density at radius 3 is 3.05 bits per heavy atom. The molecule has 19 heavy (non-hydrogen) atoms. The summed E-state index contributed by atoms with van der Waals surface area (Å²) >= 11 is 0. The van der Waals surface area contributed by atoms with Crippen molar-refractivity contribution in [3.63, 3.8) is 0 Å². The van der Waals surface area contributed by atoms with Crippen molar-refractivity contribution in [1.29, 1.82) is 0 Å². The average Bonchev–Trinajstić information content (AvgIpc) is 3.01. The second-order valence-corrected chi connectivity index (χ2v) is 5.17. The smallest absolute Gasteiger partial charge is 0.394 e. The summed E-state index contributed by atoms with van der Waals surface area (Å²) in [6.45, 7) is 1.77. The lowest BCUT2D eigenvalue weighted by Gasteiger charge is -2.19. The van der Waals surface area contributed by atoms with E-state index in [1.165, 1.54) is 5.56 Å². The molecule has 0 saturated carbocycles. The summed E-state index contributed by atoms with van der Waals surface area (Å²) in [6.07, 6.45) is 1.39. The van der Waals surface area contributed by atoms with Crippen LogP contribution in [0.5, 0.6) is 6.08 Å². The van der Waals surface area contributed by atoms with E-state index >= 15 is 0 Å². The highest BCUT2D eigenvalue weighted by Gasteiger charge is 2.31. The van der Waals surface area contributed by atoms with Gasteiger partial charge in [-0.3, -0.25) is 4.90 Å². The fourth-order valence-electron chi connectivity index (χ4n) is 2.95. The van der Waals surface area contributed by atoms with Crippen molar-refractivity contribution in [2.45, 2.75) is 12.5 Å². The molecule has 2 N–H and O–H groups in total. The maximum absolute atomic E-state index is 5.79. The summed E-state index contributed by atoms with van der Waals surface area (Å²) in [7, 11) is 3.70. The molecule has 0 aliphatic carbocycles. The Morgan fingerprint density at radius 2 is 2.37 bits per heavy atom. The summed E-state index contributed by atoms with van der Waals surface area (Å²) in [6, 6.07) is 6.40. The van der Waals surface area contributed by atoms with Crippen LogP contribution in [-0.4, -0.2) is 37.1 Å². The van der Waals surface area contributed by atoms with E-state index in [0.717, 1.165) is 30.6 Å². The average molecular weight is 261 g/mol. The monoisotopic (exact) mass is 261 g/mol. The number of nitrogens with zero attached hydrogens (tertiary/aromatic N) is 2. The van der Waals surface area contributed by atoms with Crippen LogP contribution in [0.25, 0.3) is 11.1 Å². The maximum Gasteiger partial charge on any atom is 0.394 e. The zero-order valence-corrected chi connectivity index (χ0v) is 11.3. The van der Waals surface area contributed by atoms with Gasteiger partial charge in [0.1, 0.15) is 5.52 Å². The van der Waals surface area contributed by atoms with Crippen molar-refractivity contribution in [2.75, 3.05) is 27.2 Å². The fraction of sp³-hybridized carbons (Fsp3) is 0.500. The molecule has 1 aromatic carbocycles. The van der Waals surface area contributed by atoms with Crippen molar-refractivity contribution in [3.8, 4) is 6.08 Å². The number of aromatic nitrogens is 1. The van der Waals surface area contributed by atoms with E-state index in [2.05, 4.69) is 23.0 Å². The van der Waals surface area contributed by atoms with Gasteiger partial charge in [-0.2, -0.15) is 4.98 Å². The molecule has 0 bridgehead atoms. The molecule has 0 spiro atoms. The van der Waals surface area contributed by atoms with Gasteiger partial charge in [0.15, 0.2) is 5.58 Å². The number of fused-ring (bicyclic) bond motifs is 1. The van der Waals surface area contributed by atoms with Crippen LogP contribution in [0.2, 0.25) is 0 Å². The van der Waals surface area contributed by atoms with Crippen molar-refractivity contribution in [2.24, 2.45) is 11.7 Å². The van der Waals surface area contributed by atoms with Crippen molar-refractivity contribution >= 4 is 11.1 Å². The summed E-state index contributed by atoms with van der Waals surface area (Å²) in [5.74, 6) is 0.555. The van der Waals surface area contributed by atoms with Gasteiger partial charge >= 0.3 is 6.08 Å². The first kappa shape index (κ1) is 12.4. The molecule has 2 unspecified atom stereocenters. The van der Waals surface area contributed by atoms with E-state index < -0.39 is 0 Å². The van der Waals surface area contributed by atoms with Crippen LogP contribution in [-0.2, 0) is 0 Å². The molecule has 102 valence electrons. The van der Waals surface area contributed by atoms with Gasteiger partial charge in [-0.05, 0) is 37.6 Å². The van der Waals surface area contributed by atoms with E-state index in [9.17, 15) is 0 Å². The van der Waals surface area contributed by atoms with Crippen molar-refractivity contribution in [3.05, 3.63) is 23.8 Å². The second-order valence-electron chi connectivity index (χ2n) is 5.17. The summed E-state index contributed by atoms with van der Waals surface area (Å²) in [5, 5.41) is 0. The van der Waals surface area contributed by atoms with E-state index in [-0.39, 0.29) is 0 Å². The number of hydrogen-bond donors (Lipinski definition) is 1. The molecule has 1 aliphatic rings. The number of likely N-dealkylation sites (tertiary alicyclic amines) is 1. The van der Waals surface area contributed by atoms with E-state index in [0.29, 0.717) is 18.0 Å². The third-order valence-corrected chi connectivity index (χ3v) is 3.93. The van der Waals surface area contributed by atoms with Crippen LogP contribution in [0.15, 0.2) is 22.6 Å². The number of oxazole rings is 1. The van der Waals surface area contributed by atoms with Crippen LogP contribution in [0.4, 0.5) is 0 Å². The molecule has 5 heteroatoms. The van der Waals surface area contributed by atoms with Gasteiger partial charge < -0.3 is 14.9 Å². The van der Waals surface area contributed by atoms with Gasteiger partial charge in [0.25, 0.3) is 0 Å². The Kier molecular flexibility index (Phi) is 3.16. The predicted octanol–water partition coefficient (Wildman–Crippen LogP) is 1.79. The molecule has 3 rings (SSSR count). The predicted molar refractivity (Wildman–Crippen MR) is 73.1 cm³/mol. The van der Waals surface area contributed by atoms with Crippen LogP contribution >= 0.6 is 0 Å².